The minimum atomic E-state index is -0.281. The number of benzene rings is 1. The van der Waals surface area contributed by atoms with Crippen molar-refractivity contribution in [2.24, 2.45) is 0 Å². The second kappa shape index (κ2) is 7.44. The molecule has 0 saturated carbocycles. The first-order valence-electron chi connectivity index (χ1n) is 9.23. The van der Waals surface area contributed by atoms with Crippen LogP contribution in [-0.4, -0.2) is 46.0 Å². The quantitative estimate of drug-likeness (QED) is 0.767. The molecule has 1 aliphatic heterocycles. The minimum absolute atomic E-state index is 0.202. The Bertz CT molecular complexity index is 996. The largest absolute Gasteiger partial charge is 0.354 e. The Hall–Kier alpha value is -2.80. The van der Waals surface area contributed by atoms with Gasteiger partial charge in [-0.3, -0.25) is 9.69 Å². The zero-order valence-corrected chi connectivity index (χ0v) is 15.3. The van der Waals surface area contributed by atoms with E-state index in [0.29, 0.717) is 35.3 Å². The normalized spacial score (nSPS) is 15.4. The number of hydrogen-bond donors (Lipinski definition) is 1. The van der Waals surface area contributed by atoms with Crippen molar-refractivity contribution in [1.29, 1.82) is 0 Å². The molecule has 1 fully saturated rings. The lowest BCUT2D eigenvalue weighted by Gasteiger charge is -2.35. The highest BCUT2D eigenvalue weighted by atomic mass is 19.1. The van der Waals surface area contributed by atoms with E-state index < -0.39 is 0 Å². The third-order valence-electron chi connectivity index (χ3n) is 5.00. The van der Waals surface area contributed by atoms with Gasteiger partial charge in [-0.2, -0.15) is 0 Å². The maximum Gasteiger partial charge on any atom is 0.270 e. The summed E-state index contributed by atoms with van der Waals surface area (Å²) in [4.78, 5) is 27.9. The maximum atomic E-state index is 14.6. The molecule has 1 saturated heterocycles. The lowest BCUT2D eigenvalue weighted by atomic mass is 10.1. The Morgan fingerprint density at radius 1 is 1.19 bits per heavy atom. The third-order valence-corrected chi connectivity index (χ3v) is 5.00. The van der Waals surface area contributed by atoms with Gasteiger partial charge in [0, 0.05) is 50.6 Å². The second-order valence-electron chi connectivity index (χ2n) is 6.78. The SMILES string of the molecule is CCc1nc2cc(F)c(CN3CCN(c4ccccn4)CC3)cc2[nH]c1=O. The van der Waals surface area contributed by atoms with Crippen molar-refractivity contribution in [3.63, 3.8) is 0 Å². The van der Waals surface area contributed by atoms with Crippen LogP contribution in [0.1, 0.15) is 18.2 Å². The van der Waals surface area contributed by atoms with Gasteiger partial charge in [-0.1, -0.05) is 13.0 Å². The van der Waals surface area contributed by atoms with Crippen LogP contribution in [0.25, 0.3) is 11.0 Å². The van der Waals surface area contributed by atoms with Crippen LogP contribution in [0.15, 0.2) is 41.3 Å². The molecule has 0 amide bonds. The zero-order valence-electron chi connectivity index (χ0n) is 15.3. The Morgan fingerprint density at radius 3 is 2.70 bits per heavy atom. The minimum Gasteiger partial charge on any atom is -0.354 e. The number of nitrogens with one attached hydrogen (secondary N) is 1. The number of aromatic amines is 1. The van der Waals surface area contributed by atoms with E-state index in [1.54, 1.807) is 12.3 Å². The molecule has 0 radical (unpaired) electrons. The molecule has 2 aromatic heterocycles. The Kier molecular flexibility index (Phi) is 4.85. The summed E-state index contributed by atoms with van der Waals surface area (Å²) in [6.45, 7) is 5.73. The van der Waals surface area contributed by atoms with Gasteiger partial charge in [0.2, 0.25) is 0 Å². The molecule has 3 aromatic rings. The first kappa shape index (κ1) is 17.6. The number of aryl methyl sites for hydroxylation is 1. The van der Waals surface area contributed by atoms with Crippen molar-refractivity contribution in [3.8, 4) is 0 Å². The van der Waals surface area contributed by atoms with Gasteiger partial charge >= 0.3 is 0 Å². The summed E-state index contributed by atoms with van der Waals surface area (Å²) < 4.78 is 14.6. The highest BCUT2D eigenvalue weighted by Crippen LogP contribution is 2.19. The first-order chi connectivity index (χ1) is 13.1. The van der Waals surface area contributed by atoms with E-state index >= 15 is 0 Å². The monoisotopic (exact) mass is 367 g/mol. The average molecular weight is 367 g/mol. The van der Waals surface area contributed by atoms with Crippen molar-refractivity contribution >= 4 is 16.9 Å². The van der Waals surface area contributed by atoms with E-state index in [1.165, 1.54) is 6.07 Å². The number of rotatable bonds is 4. The molecule has 7 heteroatoms. The van der Waals surface area contributed by atoms with Crippen LogP contribution in [0.3, 0.4) is 0 Å². The number of pyridine rings is 1. The van der Waals surface area contributed by atoms with Gasteiger partial charge in [-0.05, 0) is 24.6 Å². The highest BCUT2D eigenvalue weighted by Gasteiger charge is 2.19. The van der Waals surface area contributed by atoms with Crippen LogP contribution >= 0.6 is 0 Å². The summed E-state index contributed by atoms with van der Waals surface area (Å²) in [5.74, 6) is 0.695. The smallest absolute Gasteiger partial charge is 0.270 e. The van der Waals surface area contributed by atoms with E-state index in [2.05, 4.69) is 24.8 Å². The van der Waals surface area contributed by atoms with Crippen LogP contribution in [-0.2, 0) is 13.0 Å². The van der Waals surface area contributed by atoms with Gasteiger partial charge in [0.1, 0.15) is 17.3 Å². The van der Waals surface area contributed by atoms with Gasteiger partial charge in [-0.15, -0.1) is 0 Å². The van der Waals surface area contributed by atoms with E-state index in [1.807, 2.05) is 25.1 Å². The summed E-state index contributed by atoms with van der Waals surface area (Å²) in [6.07, 6.45) is 2.32. The molecular weight excluding hydrogens is 345 g/mol. The maximum absolute atomic E-state index is 14.6. The van der Waals surface area contributed by atoms with E-state index in [4.69, 9.17) is 0 Å². The van der Waals surface area contributed by atoms with Crippen LogP contribution in [0.4, 0.5) is 10.2 Å². The molecule has 3 heterocycles. The number of aromatic nitrogens is 3. The third kappa shape index (κ3) is 3.68. The summed E-state index contributed by atoms with van der Waals surface area (Å²) in [5.41, 5.74) is 1.88. The first-order valence-corrected chi connectivity index (χ1v) is 9.23. The fourth-order valence-corrected chi connectivity index (χ4v) is 3.47. The summed E-state index contributed by atoms with van der Waals surface area (Å²) in [6, 6.07) is 9.03. The van der Waals surface area contributed by atoms with Crippen LogP contribution in [0.2, 0.25) is 0 Å². The molecule has 140 valence electrons. The Morgan fingerprint density at radius 2 is 2.00 bits per heavy atom. The molecular formula is C20H22FN5O. The molecule has 1 aliphatic rings. The van der Waals surface area contributed by atoms with Crippen molar-refractivity contribution in [2.75, 3.05) is 31.1 Å². The summed E-state index contributed by atoms with van der Waals surface area (Å²) >= 11 is 0. The molecule has 6 nitrogen and oxygen atoms in total. The molecule has 0 spiro atoms. The summed E-state index contributed by atoms with van der Waals surface area (Å²) in [5, 5.41) is 0. The molecule has 1 N–H and O–H groups in total. The predicted octanol–water partition coefficient (Wildman–Crippen LogP) is 2.34. The Labute approximate surface area is 156 Å². The molecule has 4 rings (SSSR count). The number of hydrogen-bond acceptors (Lipinski definition) is 5. The summed E-state index contributed by atoms with van der Waals surface area (Å²) in [7, 11) is 0. The van der Waals surface area contributed by atoms with Crippen molar-refractivity contribution in [3.05, 3.63) is 64.0 Å². The highest BCUT2D eigenvalue weighted by molar-refractivity contribution is 5.75. The van der Waals surface area contributed by atoms with E-state index in [9.17, 15) is 9.18 Å². The van der Waals surface area contributed by atoms with E-state index in [-0.39, 0.29) is 11.4 Å². The van der Waals surface area contributed by atoms with Gasteiger partial charge in [0.15, 0.2) is 0 Å². The fraction of sp³-hybridized carbons (Fsp3) is 0.350. The van der Waals surface area contributed by atoms with Gasteiger partial charge < -0.3 is 9.88 Å². The standard InChI is InChI=1S/C20H22FN5O/c1-2-16-20(27)24-17-11-14(15(21)12-18(17)23-16)13-25-7-9-26(10-8-25)19-5-3-4-6-22-19/h3-6,11-12H,2,7-10,13H2,1H3,(H,24,27). The molecule has 0 atom stereocenters. The number of H-pyrrole nitrogens is 1. The molecule has 0 bridgehead atoms. The fourth-order valence-electron chi connectivity index (χ4n) is 3.47. The van der Waals surface area contributed by atoms with Crippen LogP contribution in [0, 0.1) is 5.82 Å². The van der Waals surface area contributed by atoms with E-state index in [0.717, 1.165) is 32.0 Å². The van der Waals surface area contributed by atoms with Gasteiger partial charge in [0.05, 0.1) is 11.0 Å². The number of nitrogens with zero attached hydrogens (tertiary/aromatic N) is 4. The number of fused-ring (bicyclic) bond motifs is 1. The zero-order chi connectivity index (χ0) is 18.8. The lowest BCUT2D eigenvalue weighted by molar-refractivity contribution is 0.246. The molecule has 27 heavy (non-hydrogen) atoms. The van der Waals surface area contributed by atoms with Crippen molar-refractivity contribution in [1.82, 2.24) is 19.9 Å². The second-order valence-corrected chi connectivity index (χ2v) is 6.78. The van der Waals surface area contributed by atoms with Crippen molar-refractivity contribution in [2.45, 2.75) is 19.9 Å². The van der Waals surface area contributed by atoms with Crippen molar-refractivity contribution < 1.29 is 4.39 Å². The number of anilines is 1. The molecule has 0 unspecified atom stereocenters. The molecule has 1 aromatic carbocycles. The van der Waals surface area contributed by atoms with Gasteiger partial charge in [0.25, 0.3) is 5.56 Å². The number of piperazine rings is 1. The number of halogens is 1. The lowest BCUT2D eigenvalue weighted by Crippen LogP contribution is -2.46. The predicted molar refractivity (Wildman–Crippen MR) is 103 cm³/mol. The van der Waals surface area contributed by atoms with Crippen LogP contribution < -0.4 is 10.5 Å². The topological polar surface area (TPSA) is 65.1 Å². The van der Waals surface area contributed by atoms with Gasteiger partial charge in [-0.25, -0.2) is 14.4 Å². The molecule has 0 aliphatic carbocycles. The average Bonchev–Trinajstić information content (AvgIpc) is 2.70. The van der Waals surface area contributed by atoms with Crippen LogP contribution in [0.5, 0.6) is 0 Å². The Balaban J connectivity index is 1.49.